The first-order valence-corrected chi connectivity index (χ1v) is 8.38. The molecule has 1 amide bonds. The number of benzene rings is 1. The van der Waals surface area contributed by atoms with Crippen molar-refractivity contribution in [3.05, 3.63) is 34.9 Å². The molecule has 2 aliphatic rings. The van der Waals surface area contributed by atoms with Gasteiger partial charge >= 0.3 is 0 Å². The van der Waals surface area contributed by atoms with Gasteiger partial charge in [0, 0.05) is 19.6 Å². The molecule has 0 aromatic heterocycles. The summed E-state index contributed by atoms with van der Waals surface area (Å²) in [4.78, 5) is 14.4. The Morgan fingerprint density at radius 3 is 2.95 bits per heavy atom. The van der Waals surface area contributed by atoms with Crippen LogP contribution in [0.3, 0.4) is 0 Å². The summed E-state index contributed by atoms with van der Waals surface area (Å²) < 4.78 is 5.67. The molecule has 0 radical (unpaired) electrons. The van der Waals surface area contributed by atoms with E-state index in [9.17, 15) is 4.79 Å². The summed E-state index contributed by atoms with van der Waals surface area (Å²) in [6.45, 7) is 3.22. The van der Waals surface area contributed by atoms with Gasteiger partial charge in [0.15, 0.2) is 0 Å². The third kappa shape index (κ3) is 4.08. The highest BCUT2D eigenvalue weighted by Gasteiger charge is 2.18. The highest BCUT2D eigenvalue weighted by Crippen LogP contribution is 2.22. The number of hydrogen-bond acceptors (Lipinski definition) is 3. The van der Waals surface area contributed by atoms with Gasteiger partial charge in [-0.05, 0) is 49.4 Å². The number of morpholine rings is 1. The second-order valence-electron chi connectivity index (χ2n) is 6.55. The first-order valence-electron chi connectivity index (χ1n) is 8.38. The maximum atomic E-state index is 12.1. The highest BCUT2D eigenvalue weighted by atomic mass is 16.5. The molecule has 0 spiro atoms. The summed E-state index contributed by atoms with van der Waals surface area (Å²) in [5.41, 5.74) is 4.03. The fourth-order valence-corrected chi connectivity index (χ4v) is 3.36. The van der Waals surface area contributed by atoms with Crippen LogP contribution in [0.4, 0.5) is 0 Å². The number of likely N-dealkylation sites (N-methyl/N-ethyl adjacent to an activating group) is 1. The quantitative estimate of drug-likeness (QED) is 0.917. The van der Waals surface area contributed by atoms with Crippen LogP contribution >= 0.6 is 0 Å². The Morgan fingerprint density at radius 2 is 2.14 bits per heavy atom. The minimum Gasteiger partial charge on any atom is -0.374 e. The second kappa shape index (κ2) is 7.25. The van der Waals surface area contributed by atoms with Crippen LogP contribution in [0.25, 0.3) is 0 Å². The number of carbonyl (C=O) groups excluding carboxylic acids is 1. The van der Waals surface area contributed by atoms with E-state index in [1.54, 1.807) is 0 Å². The molecule has 1 aromatic carbocycles. The molecule has 22 heavy (non-hydrogen) atoms. The normalized spacial score (nSPS) is 22.1. The summed E-state index contributed by atoms with van der Waals surface area (Å²) in [6.07, 6.45) is 5.50. The number of nitrogens with zero attached hydrogens (tertiary/aromatic N) is 1. The lowest BCUT2D eigenvalue weighted by molar-refractivity contribution is -0.121. The zero-order valence-electron chi connectivity index (χ0n) is 13.4. The molecule has 0 bridgehead atoms. The summed E-state index contributed by atoms with van der Waals surface area (Å²) in [5.74, 6) is 0.0904. The van der Waals surface area contributed by atoms with Gasteiger partial charge < -0.3 is 15.0 Å². The van der Waals surface area contributed by atoms with E-state index in [1.807, 2.05) is 0 Å². The van der Waals surface area contributed by atoms with Gasteiger partial charge in [0.25, 0.3) is 0 Å². The van der Waals surface area contributed by atoms with Crippen molar-refractivity contribution in [3.63, 3.8) is 0 Å². The van der Waals surface area contributed by atoms with Crippen LogP contribution in [-0.2, 0) is 28.8 Å². The maximum absolute atomic E-state index is 12.1. The first-order chi connectivity index (χ1) is 10.7. The standard InChI is InChI=1S/C18H26N2O2/c1-20-8-9-22-17(13-20)12-19-18(21)11-14-6-7-15-4-2-3-5-16(15)10-14/h6-7,10,17H,2-5,8-9,11-13H2,1H3,(H,19,21)/t17-/m1/s1. The van der Waals surface area contributed by atoms with Crippen LogP contribution in [0.2, 0.25) is 0 Å². The van der Waals surface area contributed by atoms with Crippen molar-refractivity contribution < 1.29 is 9.53 Å². The predicted octanol–water partition coefficient (Wildman–Crippen LogP) is 1.55. The van der Waals surface area contributed by atoms with Crippen LogP contribution in [0.15, 0.2) is 18.2 Å². The SMILES string of the molecule is CN1CCO[C@H](CNC(=O)Cc2ccc3c(c2)CCCC3)C1. The third-order valence-electron chi connectivity index (χ3n) is 4.65. The van der Waals surface area contributed by atoms with Gasteiger partial charge in [0.2, 0.25) is 5.91 Å². The molecule has 0 saturated carbocycles. The third-order valence-corrected chi connectivity index (χ3v) is 4.65. The molecule has 1 aromatic rings. The van der Waals surface area contributed by atoms with Crippen LogP contribution in [-0.4, -0.2) is 50.2 Å². The van der Waals surface area contributed by atoms with Gasteiger partial charge in [-0.3, -0.25) is 4.79 Å². The minimum atomic E-state index is 0.0904. The van der Waals surface area contributed by atoms with E-state index in [0.717, 1.165) is 31.7 Å². The Kier molecular flexibility index (Phi) is 5.11. The second-order valence-corrected chi connectivity index (χ2v) is 6.55. The fraction of sp³-hybridized carbons (Fsp3) is 0.611. The fourth-order valence-electron chi connectivity index (χ4n) is 3.36. The lowest BCUT2D eigenvalue weighted by atomic mass is 9.90. The molecule has 1 atom stereocenters. The molecule has 1 aliphatic carbocycles. The lowest BCUT2D eigenvalue weighted by Gasteiger charge is -2.30. The molecule has 1 saturated heterocycles. The molecule has 0 unspecified atom stereocenters. The molecule has 1 heterocycles. The monoisotopic (exact) mass is 302 g/mol. The van der Waals surface area contributed by atoms with Gasteiger partial charge in [-0.2, -0.15) is 0 Å². The highest BCUT2D eigenvalue weighted by molar-refractivity contribution is 5.78. The van der Waals surface area contributed by atoms with Crippen molar-refractivity contribution in [2.24, 2.45) is 0 Å². The van der Waals surface area contributed by atoms with Gasteiger partial charge in [-0.1, -0.05) is 18.2 Å². The van der Waals surface area contributed by atoms with Crippen LogP contribution in [0.1, 0.15) is 29.5 Å². The Hall–Kier alpha value is -1.39. The average molecular weight is 302 g/mol. The van der Waals surface area contributed by atoms with E-state index in [1.165, 1.54) is 30.4 Å². The Morgan fingerprint density at radius 1 is 1.32 bits per heavy atom. The lowest BCUT2D eigenvalue weighted by Crippen LogP contribution is -2.46. The Labute approximate surface area is 132 Å². The zero-order chi connectivity index (χ0) is 15.4. The van der Waals surface area contributed by atoms with Crippen molar-refractivity contribution in [2.75, 3.05) is 33.3 Å². The summed E-state index contributed by atoms with van der Waals surface area (Å²) in [7, 11) is 2.09. The van der Waals surface area contributed by atoms with E-state index in [-0.39, 0.29) is 12.0 Å². The number of hydrogen-bond donors (Lipinski definition) is 1. The molecule has 4 heteroatoms. The van der Waals surface area contributed by atoms with E-state index in [4.69, 9.17) is 4.74 Å². The minimum absolute atomic E-state index is 0.0904. The van der Waals surface area contributed by atoms with Crippen molar-refractivity contribution in [1.82, 2.24) is 10.2 Å². The van der Waals surface area contributed by atoms with Gasteiger partial charge in [0.05, 0.1) is 19.1 Å². The van der Waals surface area contributed by atoms with Crippen LogP contribution < -0.4 is 5.32 Å². The molecular formula is C18H26N2O2. The molecule has 1 N–H and O–H groups in total. The number of rotatable bonds is 4. The molecule has 4 nitrogen and oxygen atoms in total. The zero-order valence-corrected chi connectivity index (χ0v) is 13.4. The summed E-state index contributed by atoms with van der Waals surface area (Å²) in [6, 6.07) is 6.53. The van der Waals surface area contributed by atoms with E-state index in [0.29, 0.717) is 13.0 Å². The topological polar surface area (TPSA) is 41.6 Å². The predicted molar refractivity (Wildman–Crippen MR) is 87.0 cm³/mol. The summed E-state index contributed by atoms with van der Waals surface area (Å²) in [5, 5.41) is 3.01. The van der Waals surface area contributed by atoms with E-state index < -0.39 is 0 Å². The van der Waals surface area contributed by atoms with Crippen LogP contribution in [0, 0.1) is 0 Å². The maximum Gasteiger partial charge on any atom is 0.224 e. The smallest absolute Gasteiger partial charge is 0.224 e. The van der Waals surface area contributed by atoms with Crippen molar-refractivity contribution >= 4 is 5.91 Å². The molecule has 3 rings (SSSR count). The van der Waals surface area contributed by atoms with Crippen molar-refractivity contribution in [3.8, 4) is 0 Å². The average Bonchev–Trinajstić information content (AvgIpc) is 2.53. The first kappa shape index (κ1) is 15.5. The van der Waals surface area contributed by atoms with Gasteiger partial charge in [-0.15, -0.1) is 0 Å². The number of amides is 1. The van der Waals surface area contributed by atoms with Crippen molar-refractivity contribution in [1.29, 1.82) is 0 Å². The van der Waals surface area contributed by atoms with Gasteiger partial charge in [-0.25, -0.2) is 0 Å². The molecule has 1 fully saturated rings. The largest absolute Gasteiger partial charge is 0.374 e. The van der Waals surface area contributed by atoms with E-state index >= 15 is 0 Å². The van der Waals surface area contributed by atoms with Crippen LogP contribution in [0.5, 0.6) is 0 Å². The summed E-state index contributed by atoms with van der Waals surface area (Å²) >= 11 is 0. The number of aryl methyl sites for hydroxylation is 2. The van der Waals surface area contributed by atoms with E-state index in [2.05, 4.69) is 35.5 Å². The number of ether oxygens (including phenoxy) is 1. The Bertz CT molecular complexity index is 530. The number of fused-ring (bicyclic) bond motifs is 1. The molecule has 120 valence electrons. The molecule has 1 aliphatic heterocycles. The molecular weight excluding hydrogens is 276 g/mol. The number of carbonyl (C=O) groups is 1. The number of nitrogens with one attached hydrogen (secondary N) is 1. The van der Waals surface area contributed by atoms with Crippen molar-refractivity contribution in [2.45, 2.75) is 38.2 Å². The van der Waals surface area contributed by atoms with Gasteiger partial charge in [0.1, 0.15) is 0 Å². The Balaban J connectivity index is 1.49.